The molecular weight excluding hydrogens is 412 g/mol. The minimum absolute atomic E-state index is 0.736. The summed E-state index contributed by atoms with van der Waals surface area (Å²) >= 11 is 0. The molecule has 0 bridgehead atoms. The highest BCUT2D eigenvalue weighted by Gasteiger charge is 2.22. The molecule has 0 spiro atoms. The van der Waals surface area contributed by atoms with Crippen LogP contribution < -0.4 is 0 Å². The van der Waals surface area contributed by atoms with E-state index in [9.17, 15) is 0 Å². The predicted octanol–water partition coefficient (Wildman–Crippen LogP) is 4.54. The topological polar surface area (TPSA) is 72.9 Å². The average molecular weight is 435 g/mol. The van der Waals surface area contributed by atoms with E-state index in [1.165, 1.54) is 5.56 Å². The molecule has 7 heteroatoms. The molecule has 1 aliphatic rings. The van der Waals surface area contributed by atoms with Crippen LogP contribution in [0.1, 0.15) is 16.8 Å². The van der Waals surface area contributed by atoms with E-state index in [1.54, 1.807) is 18.7 Å². The maximum atomic E-state index is 5.69. The second-order valence-electron chi connectivity index (χ2n) is 8.13. The van der Waals surface area contributed by atoms with Crippen LogP contribution in [0, 0.1) is 0 Å². The zero-order chi connectivity index (χ0) is 22.0. The van der Waals surface area contributed by atoms with Gasteiger partial charge in [-0.05, 0) is 36.4 Å². The molecule has 0 aliphatic carbocycles. The van der Waals surface area contributed by atoms with Crippen LogP contribution in [0.5, 0.6) is 0 Å². The molecule has 7 nitrogen and oxygen atoms in total. The van der Waals surface area contributed by atoms with Crippen LogP contribution >= 0.6 is 0 Å². The van der Waals surface area contributed by atoms with E-state index in [-0.39, 0.29) is 0 Å². The molecular formula is C26H22N6O. The Kier molecular flexibility index (Phi) is 5.01. The van der Waals surface area contributed by atoms with Crippen molar-refractivity contribution in [2.75, 3.05) is 6.54 Å². The second kappa shape index (κ2) is 8.44. The van der Waals surface area contributed by atoms with Gasteiger partial charge in [0.15, 0.2) is 11.6 Å². The van der Waals surface area contributed by atoms with Gasteiger partial charge >= 0.3 is 0 Å². The van der Waals surface area contributed by atoms with Gasteiger partial charge in [0.25, 0.3) is 0 Å². The SMILES string of the molecule is c1ccc(-n2cc(CN3CCc4nc(-c5cccnc5)ncc4C3)c(-c3ccco3)n2)cc1. The zero-order valence-electron chi connectivity index (χ0n) is 18.0. The summed E-state index contributed by atoms with van der Waals surface area (Å²) in [6.07, 6.45) is 10.2. The fourth-order valence-corrected chi connectivity index (χ4v) is 4.24. The zero-order valence-corrected chi connectivity index (χ0v) is 18.0. The highest BCUT2D eigenvalue weighted by atomic mass is 16.3. The molecule has 5 heterocycles. The van der Waals surface area contributed by atoms with Gasteiger partial charge in [-0.25, -0.2) is 14.6 Å². The molecule has 1 aromatic carbocycles. The molecule has 1 aliphatic heterocycles. The van der Waals surface area contributed by atoms with E-state index in [0.717, 1.165) is 65.8 Å². The van der Waals surface area contributed by atoms with E-state index in [1.807, 2.05) is 53.3 Å². The lowest BCUT2D eigenvalue weighted by molar-refractivity contribution is 0.243. The van der Waals surface area contributed by atoms with E-state index in [0.29, 0.717) is 0 Å². The van der Waals surface area contributed by atoms with Gasteiger partial charge in [0.1, 0.15) is 5.69 Å². The number of furan rings is 1. The van der Waals surface area contributed by atoms with Gasteiger partial charge in [0.2, 0.25) is 0 Å². The lowest BCUT2D eigenvalue weighted by atomic mass is 10.1. The molecule has 33 heavy (non-hydrogen) atoms. The third-order valence-electron chi connectivity index (χ3n) is 5.89. The van der Waals surface area contributed by atoms with E-state index >= 15 is 0 Å². The van der Waals surface area contributed by atoms with Crippen LogP contribution in [0.25, 0.3) is 28.5 Å². The summed E-state index contributed by atoms with van der Waals surface area (Å²) < 4.78 is 7.62. The first kappa shape index (κ1) is 19.6. The highest BCUT2D eigenvalue weighted by Crippen LogP contribution is 2.27. The van der Waals surface area contributed by atoms with Crippen LogP contribution in [-0.2, 0) is 19.5 Å². The Hall–Kier alpha value is -4.10. The molecule has 0 fully saturated rings. The van der Waals surface area contributed by atoms with Crippen molar-refractivity contribution < 1.29 is 4.42 Å². The minimum Gasteiger partial charge on any atom is -0.463 e. The molecule has 0 N–H and O–H groups in total. The minimum atomic E-state index is 0.736. The summed E-state index contributed by atoms with van der Waals surface area (Å²) in [5.74, 6) is 1.51. The summed E-state index contributed by atoms with van der Waals surface area (Å²) in [4.78, 5) is 16.0. The van der Waals surface area contributed by atoms with E-state index < -0.39 is 0 Å². The maximum Gasteiger partial charge on any atom is 0.160 e. The van der Waals surface area contributed by atoms with Crippen molar-refractivity contribution in [3.05, 3.63) is 102 Å². The van der Waals surface area contributed by atoms with E-state index in [4.69, 9.17) is 14.5 Å². The monoisotopic (exact) mass is 434 g/mol. The molecule has 4 aromatic heterocycles. The second-order valence-corrected chi connectivity index (χ2v) is 8.13. The molecule has 0 radical (unpaired) electrons. The molecule has 5 aromatic rings. The number of pyridine rings is 1. The smallest absolute Gasteiger partial charge is 0.160 e. The van der Waals surface area contributed by atoms with E-state index in [2.05, 4.69) is 33.2 Å². The van der Waals surface area contributed by atoms with Crippen molar-refractivity contribution in [3.63, 3.8) is 0 Å². The lowest BCUT2D eigenvalue weighted by Crippen LogP contribution is -2.31. The first-order valence-corrected chi connectivity index (χ1v) is 11.0. The fourth-order valence-electron chi connectivity index (χ4n) is 4.24. The van der Waals surface area contributed by atoms with Crippen LogP contribution in [0.2, 0.25) is 0 Å². The number of benzene rings is 1. The molecule has 0 amide bonds. The van der Waals surface area contributed by atoms with Gasteiger partial charge in [-0.1, -0.05) is 18.2 Å². The van der Waals surface area contributed by atoms with Crippen molar-refractivity contribution >= 4 is 0 Å². The Morgan fingerprint density at radius 2 is 1.91 bits per heavy atom. The summed E-state index contributed by atoms with van der Waals surface area (Å²) in [6.45, 7) is 2.49. The highest BCUT2D eigenvalue weighted by molar-refractivity contribution is 5.57. The van der Waals surface area contributed by atoms with Crippen molar-refractivity contribution in [1.82, 2.24) is 29.6 Å². The van der Waals surface area contributed by atoms with Crippen molar-refractivity contribution in [2.45, 2.75) is 19.5 Å². The van der Waals surface area contributed by atoms with Gasteiger partial charge in [-0.3, -0.25) is 9.88 Å². The number of rotatable bonds is 5. The summed E-state index contributed by atoms with van der Waals surface area (Å²) in [5.41, 5.74) is 6.26. The number of fused-ring (bicyclic) bond motifs is 1. The van der Waals surface area contributed by atoms with Gasteiger partial charge in [0.05, 0.1) is 17.6 Å². The first-order chi connectivity index (χ1) is 16.3. The third-order valence-corrected chi connectivity index (χ3v) is 5.89. The molecule has 0 saturated carbocycles. The quantitative estimate of drug-likeness (QED) is 0.404. The summed E-state index contributed by atoms with van der Waals surface area (Å²) in [5, 5.41) is 4.84. The van der Waals surface area contributed by atoms with Crippen molar-refractivity contribution in [2.24, 2.45) is 0 Å². The summed E-state index contributed by atoms with van der Waals surface area (Å²) in [6, 6.07) is 17.9. The van der Waals surface area contributed by atoms with Crippen LogP contribution in [0.4, 0.5) is 0 Å². The number of hydrogen-bond donors (Lipinski definition) is 0. The van der Waals surface area contributed by atoms with Gasteiger partial charge in [-0.2, -0.15) is 5.10 Å². The number of nitrogens with zero attached hydrogens (tertiary/aromatic N) is 6. The van der Waals surface area contributed by atoms with Gasteiger partial charge in [0, 0.05) is 67.5 Å². The normalized spacial score (nSPS) is 13.7. The largest absolute Gasteiger partial charge is 0.463 e. The molecule has 0 saturated heterocycles. The molecule has 6 rings (SSSR count). The molecule has 0 atom stereocenters. The van der Waals surface area contributed by atoms with Gasteiger partial charge in [-0.15, -0.1) is 0 Å². The Balaban J connectivity index is 1.26. The lowest BCUT2D eigenvalue weighted by Gasteiger charge is -2.27. The summed E-state index contributed by atoms with van der Waals surface area (Å²) in [7, 11) is 0. The predicted molar refractivity (Wildman–Crippen MR) is 124 cm³/mol. The Bertz CT molecular complexity index is 1360. The number of hydrogen-bond acceptors (Lipinski definition) is 6. The molecule has 162 valence electrons. The fraction of sp³-hybridized carbons (Fsp3) is 0.154. The van der Waals surface area contributed by atoms with Crippen LogP contribution in [-0.4, -0.2) is 36.2 Å². The maximum absolute atomic E-state index is 5.69. The van der Waals surface area contributed by atoms with Crippen LogP contribution in [0.3, 0.4) is 0 Å². The third kappa shape index (κ3) is 3.94. The Morgan fingerprint density at radius 1 is 0.970 bits per heavy atom. The first-order valence-electron chi connectivity index (χ1n) is 11.0. The Labute approximate surface area is 191 Å². The average Bonchev–Trinajstić information content (AvgIpc) is 3.55. The van der Waals surface area contributed by atoms with Gasteiger partial charge < -0.3 is 4.42 Å². The van der Waals surface area contributed by atoms with Crippen molar-refractivity contribution in [1.29, 1.82) is 0 Å². The molecule has 0 unspecified atom stereocenters. The number of aromatic nitrogens is 5. The Morgan fingerprint density at radius 3 is 2.73 bits per heavy atom. The van der Waals surface area contributed by atoms with Crippen molar-refractivity contribution in [3.8, 4) is 28.5 Å². The number of para-hydroxylation sites is 1. The standard InChI is InChI=1S/C26H22N6O/c1-2-7-22(8-3-1)32-18-21(25(30-32)24-9-5-13-33-24)17-31-12-10-23-20(16-31)15-28-26(29-23)19-6-4-11-27-14-19/h1-9,11,13-15,18H,10,12,16-17H2. The van der Waals surface area contributed by atoms with Crippen LogP contribution in [0.15, 0.2) is 90.1 Å².